The van der Waals surface area contributed by atoms with Crippen molar-refractivity contribution in [3.63, 3.8) is 0 Å². The highest BCUT2D eigenvalue weighted by atomic mass is 16.7. The lowest BCUT2D eigenvalue weighted by atomic mass is 9.99. The number of phenolic OH excluding ortho intramolecular Hbond substituents is 2. The van der Waals surface area contributed by atoms with Gasteiger partial charge in [0.15, 0.2) is 11.9 Å². The third-order valence-electron chi connectivity index (χ3n) is 5.31. The van der Waals surface area contributed by atoms with Crippen molar-refractivity contribution in [2.45, 2.75) is 30.7 Å². The minimum Gasteiger partial charge on any atom is -0.508 e. The van der Waals surface area contributed by atoms with Gasteiger partial charge in [0.2, 0.25) is 17.5 Å². The fraction of sp³-hybridized carbons (Fsp3) is 0.273. The van der Waals surface area contributed by atoms with Gasteiger partial charge >= 0.3 is 5.97 Å². The second kappa shape index (κ2) is 8.83. The van der Waals surface area contributed by atoms with Crippen LogP contribution in [0.15, 0.2) is 45.6 Å². The predicted molar refractivity (Wildman–Crippen MR) is 113 cm³/mol. The van der Waals surface area contributed by atoms with E-state index in [0.717, 1.165) is 6.07 Å². The molecule has 0 amide bonds. The van der Waals surface area contributed by atoms with Gasteiger partial charge in [0.1, 0.15) is 46.5 Å². The van der Waals surface area contributed by atoms with Crippen LogP contribution in [0.4, 0.5) is 0 Å². The number of aliphatic hydroxyl groups excluding tert-OH is 3. The van der Waals surface area contributed by atoms with Crippen molar-refractivity contribution >= 4 is 16.9 Å². The third-order valence-corrected chi connectivity index (χ3v) is 5.31. The molecule has 6 N–H and O–H groups in total. The van der Waals surface area contributed by atoms with E-state index in [4.69, 9.17) is 23.7 Å². The van der Waals surface area contributed by atoms with E-state index in [1.165, 1.54) is 37.4 Å². The van der Waals surface area contributed by atoms with E-state index in [-0.39, 0.29) is 34.0 Å². The van der Waals surface area contributed by atoms with Crippen molar-refractivity contribution in [2.75, 3.05) is 7.11 Å². The Morgan fingerprint density at radius 2 is 1.68 bits per heavy atom. The minimum absolute atomic E-state index is 0.00464. The summed E-state index contributed by atoms with van der Waals surface area (Å²) in [6.45, 7) is 0. The Morgan fingerprint density at radius 1 is 1.00 bits per heavy atom. The molecule has 0 aliphatic carbocycles. The first kappa shape index (κ1) is 23.3. The maximum atomic E-state index is 13.0. The highest BCUT2D eigenvalue weighted by molar-refractivity contribution is 5.88. The maximum absolute atomic E-state index is 13.0. The molecular formula is C22H20O12. The van der Waals surface area contributed by atoms with Crippen LogP contribution >= 0.6 is 0 Å². The van der Waals surface area contributed by atoms with Crippen LogP contribution in [0.3, 0.4) is 0 Å². The van der Waals surface area contributed by atoms with E-state index in [1.54, 1.807) is 0 Å². The molecule has 1 aliphatic heterocycles. The molecule has 5 atom stereocenters. The Hall–Kier alpha value is -3.84. The number of carboxylic acids is 1. The molecule has 1 aliphatic rings. The van der Waals surface area contributed by atoms with E-state index < -0.39 is 47.9 Å². The molecule has 2 heterocycles. The number of hydrogen-bond acceptors (Lipinski definition) is 11. The summed E-state index contributed by atoms with van der Waals surface area (Å²) in [6.07, 6.45) is -9.26. The Balaban J connectivity index is 1.78. The summed E-state index contributed by atoms with van der Waals surface area (Å²) in [6, 6.07) is 7.89. The number of rotatable bonds is 5. The predicted octanol–water partition coefficient (Wildman–Crippen LogP) is 0.151. The Morgan fingerprint density at radius 3 is 2.29 bits per heavy atom. The topological polar surface area (TPSA) is 196 Å². The normalized spacial score (nSPS) is 24.6. The molecule has 1 aromatic heterocycles. The van der Waals surface area contributed by atoms with Gasteiger partial charge in [-0.3, -0.25) is 4.79 Å². The van der Waals surface area contributed by atoms with Crippen LogP contribution < -0.4 is 14.9 Å². The van der Waals surface area contributed by atoms with E-state index in [9.17, 15) is 35.1 Å². The lowest BCUT2D eigenvalue weighted by molar-refractivity contribution is -0.271. The molecule has 5 unspecified atom stereocenters. The number of aliphatic hydroxyl groups is 3. The molecule has 0 spiro atoms. The van der Waals surface area contributed by atoms with Crippen LogP contribution in [0.5, 0.6) is 23.0 Å². The van der Waals surface area contributed by atoms with E-state index >= 15 is 0 Å². The average molecular weight is 476 g/mol. The Kier molecular flexibility index (Phi) is 6.06. The molecular weight excluding hydrogens is 456 g/mol. The smallest absolute Gasteiger partial charge is 0.335 e. The summed E-state index contributed by atoms with van der Waals surface area (Å²) in [5, 5.41) is 58.8. The zero-order valence-corrected chi connectivity index (χ0v) is 17.5. The number of phenols is 2. The van der Waals surface area contributed by atoms with E-state index in [1.807, 2.05) is 0 Å². The molecule has 1 saturated heterocycles. The van der Waals surface area contributed by atoms with E-state index in [2.05, 4.69) is 0 Å². The lowest BCUT2D eigenvalue weighted by Gasteiger charge is -2.38. The summed E-state index contributed by atoms with van der Waals surface area (Å²) in [5.41, 5.74) is -0.467. The number of fused-ring (bicyclic) bond motifs is 1. The number of carboxylic acid groups (broad SMARTS) is 1. The fourth-order valence-electron chi connectivity index (χ4n) is 3.60. The highest BCUT2D eigenvalue weighted by Crippen LogP contribution is 2.37. The molecule has 12 heteroatoms. The first-order valence-corrected chi connectivity index (χ1v) is 9.88. The number of carbonyl (C=O) groups is 1. The SMILES string of the molecule is COc1c(-c2ccc(O)cc2)oc2cc(OC3OC(C(=O)O)C(O)C(O)C3O)cc(O)c2c1=O. The zero-order chi connectivity index (χ0) is 24.7. The van der Waals surface area contributed by atoms with Crippen molar-refractivity contribution in [3.8, 4) is 34.3 Å². The van der Waals surface area contributed by atoms with Crippen LogP contribution in [0, 0.1) is 0 Å². The van der Waals surface area contributed by atoms with Crippen LogP contribution in [-0.2, 0) is 9.53 Å². The first-order chi connectivity index (χ1) is 16.1. The average Bonchev–Trinajstić information content (AvgIpc) is 2.79. The number of benzene rings is 2. The van der Waals surface area contributed by atoms with Crippen LogP contribution in [0.25, 0.3) is 22.3 Å². The summed E-state index contributed by atoms with van der Waals surface area (Å²) in [7, 11) is 1.25. The van der Waals surface area contributed by atoms with Crippen molar-refractivity contribution < 1.29 is 54.1 Å². The first-order valence-electron chi connectivity index (χ1n) is 9.88. The molecule has 180 valence electrons. The van der Waals surface area contributed by atoms with Gasteiger partial charge in [0, 0.05) is 17.7 Å². The zero-order valence-electron chi connectivity index (χ0n) is 17.5. The van der Waals surface area contributed by atoms with Crippen molar-refractivity contribution in [2.24, 2.45) is 0 Å². The van der Waals surface area contributed by atoms with Crippen LogP contribution in [0.1, 0.15) is 0 Å². The van der Waals surface area contributed by atoms with Gasteiger partial charge in [-0.2, -0.15) is 0 Å². The molecule has 12 nitrogen and oxygen atoms in total. The van der Waals surface area contributed by atoms with Crippen molar-refractivity contribution in [1.29, 1.82) is 0 Å². The molecule has 4 rings (SSSR count). The molecule has 34 heavy (non-hydrogen) atoms. The molecule has 0 saturated carbocycles. The second-order valence-corrected chi connectivity index (χ2v) is 7.51. The lowest BCUT2D eigenvalue weighted by Crippen LogP contribution is -2.61. The van der Waals surface area contributed by atoms with E-state index in [0.29, 0.717) is 5.56 Å². The summed E-state index contributed by atoms with van der Waals surface area (Å²) < 4.78 is 21.5. The highest BCUT2D eigenvalue weighted by Gasteiger charge is 2.48. The van der Waals surface area contributed by atoms with Gasteiger partial charge in [-0.25, -0.2) is 4.79 Å². The van der Waals surface area contributed by atoms with Gasteiger partial charge in [-0.05, 0) is 24.3 Å². The van der Waals surface area contributed by atoms with Gasteiger partial charge in [0.25, 0.3) is 0 Å². The molecule has 1 fully saturated rings. The van der Waals surface area contributed by atoms with Crippen molar-refractivity contribution in [3.05, 3.63) is 46.6 Å². The Labute approximate surface area is 190 Å². The summed E-state index contributed by atoms with van der Waals surface area (Å²) >= 11 is 0. The third kappa shape index (κ3) is 3.99. The Bertz CT molecular complexity index is 1280. The molecule has 2 aromatic carbocycles. The standard InChI is InChI=1S/C22H20O12/c1-31-19-14(25)13-11(24)6-10(7-12(13)33-18(19)8-2-4-9(23)5-3-8)32-22-17(28)15(26)16(27)20(34-22)21(29)30/h2-7,15-17,20,22-24,26-28H,1H3,(H,29,30). The van der Waals surface area contributed by atoms with Crippen molar-refractivity contribution in [1.82, 2.24) is 0 Å². The minimum atomic E-state index is -1.91. The number of methoxy groups -OCH3 is 1. The molecule has 0 bridgehead atoms. The second-order valence-electron chi connectivity index (χ2n) is 7.51. The fourth-order valence-corrected chi connectivity index (χ4v) is 3.60. The molecule has 0 radical (unpaired) electrons. The quantitative estimate of drug-likeness (QED) is 0.292. The number of hydrogen-bond donors (Lipinski definition) is 6. The number of aliphatic carboxylic acids is 1. The van der Waals surface area contributed by atoms with Gasteiger partial charge in [0.05, 0.1) is 7.11 Å². The number of aromatic hydroxyl groups is 2. The van der Waals surface area contributed by atoms with Crippen LogP contribution in [0.2, 0.25) is 0 Å². The largest absolute Gasteiger partial charge is 0.508 e. The maximum Gasteiger partial charge on any atom is 0.335 e. The molecule has 3 aromatic rings. The summed E-state index contributed by atoms with van der Waals surface area (Å²) in [5.74, 6) is -2.59. The van der Waals surface area contributed by atoms with Gasteiger partial charge in [-0.15, -0.1) is 0 Å². The monoisotopic (exact) mass is 476 g/mol. The summed E-state index contributed by atoms with van der Waals surface area (Å²) in [4.78, 5) is 24.3. The van der Waals surface area contributed by atoms with Gasteiger partial charge < -0.3 is 49.3 Å². The van der Waals surface area contributed by atoms with Crippen LogP contribution in [-0.4, -0.2) is 74.4 Å². The van der Waals surface area contributed by atoms with Gasteiger partial charge in [-0.1, -0.05) is 0 Å². The number of ether oxygens (including phenoxy) is 3.